The number of amides is 1. The molecule has 1 unspecified atom stereocenters. The molecule has 0 spiro atoms. The van der Waals surface area contributed by atoms with E-state index in [1.165, 1.54) is 6.20 Å². The van der Waals surface area contributed by atoms with Crippen molar-refractivity contribution in [3.63, 3.8) is 0 Å². The normalized spacial score (nSPS) is 14.9. The molecule has 1 amide bonds. The molecule has 1 aliphatic heterocycles. The van der Waals surface area contributed by atoms with E-state index in [-0.39, 0.29) is 6.10 Å². The van der Waals surface area contributed by atoms with Crippen molar-refractivity contribution in [2.75, 3.05) is 5.32 Å². The van der Waals surface area contributed by atoms with E-state index in [1.807, 2.05) is 54.7 Å². The van der Waals surface area contributed by atoms with Crippen molar-refractivity contribution in [3.8, 4) is 5.75 Å². The second-order valence-electron chi connectivity index (χ2n) is 6.24. The second-order valence-corrected chi connectivity index (χ2v) is 6.24. The molecule has 3 aromatic heterocycles. The lowest BCUT2D eigenvalue weighted by atomic mass is 9.98. The van der Waals surface area contributed by atoms with E-state index >= 15 is 0 Å². The topological polar surface area (TPSA) is 94.5 Å². The summed E-state index contributed by atoms with van der Waals surface area (Å²) in [5.41, 5.74) is 9.87. The monoisotopic (exact) mass is 357 g/mol. The number of nitrogens with two attached hydrogens (primary N) is 1. The van der Waals surface area contributed by atoms with Crippen LogP contribution in [0.3, 0.4) is 0 Å². The first-order valence-electron chi connectivity index (χ1n) is 8.46. The molecule has 1 aliphatic rings. The number of pyridine rings is 1. The number of ether oxygens (including phenoxy) is 1. The maximum absolute atomic E-state index is 11.9. The number of rotatable bonds is 4. The number of aromatic nitrogens is 3. The van der Waals surface area contributed by atoms with Crippen LogP contribution < -0.4 is 15.8 Å². The van der Waals surface area contributed by atoms with Crippen LogP contribution in [-0.2, 0) is 0 Å². The number of carbonyl (C=O) groups is 1. The molecule has 0 fully saturated rings. The molecule has 0 radical (unpaired) electrons. The van der Waals surface area contributed by atoms with Crippen molar-refractivity contribution < 1.29 is 9.53 Å². The van der Waals surface area contributed by atoms with Gasteiger partial charge < -0.3 is 15.8 Å². The number of primary amides is 1. The fourth-order valence-electron chi connectivity index (χ4n) is 3.31. The van der Waals surface area contributed by atoms with E-state index < -0.39 is 5.91 Å². The third kappa shape index (κ3) is 2.40. The predicted octanol–water partition coefficient (Wildman–Crippen LogP) is 3.05. The number of hydrogen-bond donors (Lipinski definition) is 2. The molecule has 0 aliphatic carbocycles. The summed E-state index contributed by atoms with van der Waals surface area (Å²) in [7, 11) is 0. The van der Waals surface area contributed by atoms with Gasteiger partial charge in [-0.1, -0.05) is 18.2 Å². The van der Waals surface area contributed by atoms with Gasteiger partial charge in [0.05, 0.1) is 34.3 Å². The zero-order chi connectivity index (χ0) is 18.4. The van der Waals surface area contributed by atoms with E-state index in [2.05, 4.69) is 15.4 Å². The van der Waals surface area contributed by atoms with Crippen molar-refractivity contribution in [2.45, 2.75) is 6.10 Å². The molecule has 27 heavy (non-hydrogen) atoms. The largest absolute Gasteiger partial charge is 0.477 e. The minimum atomic E-state index is -0.546. The van der Waals surface area contributed by atoms with E-state index in [0.29, 0.717) is 11.3 Å². The number of fused-ring (bicyclic) bond motifs is 2. The van der Waals surface area contributed by atoms with Gasteiger partial charge in [0.1, 0.15) is 0 Å². The first kappa shape index (κ1) is 15.4. The predicted molar refractivity (Wildman–Crippen MR) is 100 cm³/mol. The molecule has 4 heterocycles. The number of nitrogens with zero attached hydrogens (tertiary/aromatic N) is 3. The Balaban J connectivity index is 1.56. The molecule has 7 nitrogen and oxygen atoms in total. The van der Waals surface area contributed by atoms with Crippen LogP contribution in [0.2, 0.25) is 0 Å². The van der Waals surface area contributed by atoms with E-state index in [1.54, 1.807) is 10.7 Å². The van der Waals surface area contributed by atoms with E-state index in [4.69, 9.17) is 10.5 Å². The highest BCUT2D eigenvalue weighted by Crippen LogP contribution is 2.48. The molecule has 132 valence electrons. The van der Waals surface area contributed by atoms with Crippen LogP contribution >= 0.6 is 0 Å². The van der Waals surface area contributed by atoms with Crippen molar-refractivity contribution in [1.82, 2.24) is 14.6 Å². The highest BCUT2D eigenvalue weighted by atomic mass is 16.5. The van der Waals surface area contributed by atoms with Gasteiger partial charge in [-0.3, -0.25) is 9.78 Å². The van der Waals surface area contributed by atoms with Crippen LogP contribution in [0.5, 0.6) is 5.75 Å². The van der Waals surface area contributed by atoms with Gasteiger partial charge in [-0.05, 0) is 30.3 Å². The standard InChI is InChI=1S/C20H15N5O2/c21-20(26)13-11-23-25-10-4-8-16(25)17(13)24-15-7-3-5-12-18(27-19(12)15)14-6-1-2-9-22-14/h1-11,18,24H,(H2,21,26). The smallest absolute Gasteiger partial charge is 0.252 e. The molecular formula is C20H15N5O2. The van der Waals surface area contributed by atoms with Crippen molar-refractivity contribution in [3.05, 3.63) is 83.9 Å². The zero-order valence-corrected chi connectivity index (χ0v) is 14.2. The van der Waals surface area contributed by atoms with Gasteiger partial charge in [-0.15, -0.1) is 0 Å². The quantitative estimate of drug-likeness (QED) is 0.585. The highest BCUT2D eigenvalue weighted by Gasteiger charge is 2.33. The van der Waals surface area contributed by atoms with Crippen LogP contribution in [0, 0.1) is 0 Å². The van der Waals surface area contributed by atoms with Crippen LogP contribution in [0.4, 0.5) is 11.4 Å². The minimum absolute atomic E-state index is 0.190. The summed E-state index contributed by atoms with van der Waals surface area (Å²) in [6, 6.07) is 15.3. The van der Waals surface area contributed by atoms with E-state index in [9.17, 15) is 4.79 Å². The Morgan fingerprint density at radius 2 is 2.07 bits per heavy atom. The van der Waals surface area contributed by atoms with Crippen molar-refractivity contribution in [1.29, 1.82) is 0 Å². The highest BCUT2D eigenvalue weighted by molar-refractivity contribution is 6.03. The Labute approximate surface area is 154 Å². The average molecular weight is 357 g/mol. The Hall–Kier alpha value is -3.87. The third-order valence-electron chi connectivity index (χ3n) is 4.61. The van der Waals surface area contributed by atoms with Gasteiger partial charge in [-0.25, -0.2) is 4.52 Å². The lowest BCUT2D eigenvalue weighted by Crippen LogP contribution is -2.22. The van der Waals surface area contributed by atoms with Gasteiger partial charge in [0.2, 0.25) is 0 Å². The molecule has 1 atom stereocenters. The molecule has 7 heteroatoms. The second kappa shape index (κ2) is 5.84. The van der Waals surface area contributed by atoms with Crippen molar-refractivity contribution in [2.24, 2.45) is 5.73 Å². The van der Waals surface area contributed by atoms with E-state index in [0.717, 1.165) is 28.2 Å². The molecule has 5 rings (SSSR count). The molecule has 1 aromatic carbocycles. The van der Waals surface area contributed by atoms with Gasteiger partial charge in [0.25, 0.3) is 5.91 Å². The lowest BCUT2D eigenvalue weighted by Gasteiger charge is -2.32. The lowest BCUT2D eigenvalue weighted by molar-refractivity contribution is 0.100. The summed E-state index contributed by atoms with van der Waals surface area (Å²) in [5.74, 6) is 0.195. The fraction of sp³-hybridized carbons (Fsp3) is 0.0500. The van der Waals surface area contributed by atoms with Crippen LogP contribution in [0.1, 0.15) is 27.7 Å². The fourth-order valence-corrected chi connectivity index (χ4v) is 3.31. The number of hydrogen-bond acceptors (Lipinski definition) is 5. The number of carbonyl (C=O) groups excluding carboxylic acids is 1. The number of benzene rings is 1. The SMILES string of the molecule is NC(=O)c1cnn2cccc2c1Nc1cccc2c1OC2c1ccccn1. The summed E-state index contributed by atoms with van der Waals surface area (Å²) in [5, 5.41) is 7.51. The molecular weight excluding hydrogens is 342 g/mol. The third-order valence-corrected chi connectivity index (χ3v) is 4.61. The maximum Gasteiger partial charge on any atom is 0.252 e. The first-order chi connectivity index (χ1) is 13.2. The first-order valence-corrected chi connectivity index (χ1v) is 8.46. The summed E-state index contributed by atoms with van der Waals surface area (Å²) in [6.07, 6.45) is 4.83. The van der Waals surface area contributed by atoms with Gasteiger partial charge in [0.15, 0.2) is 11.9 Å². The summed E-state index contributed by atoms with van der Waals surface area (Å²) in [6.45, 7) is 0. The number of para-hydroxylation sites is 1. The van der Waals surface area contributed by atoms with Gasteiger partial charge in [-0.2, -0.15) is 5.10 Å². The Kier molecular flexibility index (Phi) is 3.33. The van der Waals surface area contributed by atoms with Crippen LogP contribution in [0.25, 0.3) is 5.52 Å². The zero-order valence-electron chi connectivity index (χ0n) is 14.2. The summed E-state index contributed by atoms with van der Waals surface area (Å²) >= 11 is 0. The van der Waals surface area contributed by atoms with Gasteiger partial charge in [0, 0.05) is 18.0 Å². The van der Waals surface area contributed by atoms with Gasteiger partial charge >= 0.3 is 0 Å². The van der Waals surface area contributed by atoms with Crippen LogP contribution in [0.15, 0.2) is 67.1 Å². The molecule has 4 aromatic rings. The molecule has 3 N–H and O–H groups in total. The minimum Gasteiger partial charge on any atom is -0.477 e. The molecule has 0 saturated heterocycles. The average Bonchev–Trinajstić information content (AvgIpc) is 3.13. The summed E-state index contributed by atoms with van der Waals surface area (Å²) < 4.78 is 7.69. The maximum atomic E-state index is 11.9. The Bertz CT molecular complexity index is 1170. The number of nitrogens with one attached hydrogen (secondary N) is 1. The molecule has 0 saturated carbocycles. The summed E-state index contributed by atoms with van der Waals surface area (Å²) in [4.78, 5) is 16.2. The number of anilines is 2. The Morgan fingerprint density at radius 3 is 2.89 bits per heavy atom. The molecule has 0 bridgehead atoms. The van der Waals surface area contributed by atoms with Crippen molar-refractivity contribution >= 4 is 22.8 Å². The van der Waals surface area contributed by atoms with Crippen LogP contribution in [-0.4, -0.2) is 20.5 Å². The Morgan fingerprint density at radius 1 is 1.15 bits per heavy atom.